The lowest BCUT2D eigenvalue weighted by atomic mass is 9.90. The molecule has 2 aliphatic heterocycles. The van der Waals surface area contributed by atoms with Gasteiger partial charge in [0.1, 0.15) is 29.3 Å². The van der Waals surface area contributed by atoms with Crippen LogP contribution in [-0.2, 0) is 4.74 Å². The van der Waals surface area contributed by atoms with E-state index in [0.717, 1.165) is 5.57 Å². The fourth-order valence-corrected chi connectivity index (χ4v) is 3.65. The van der Waals surface area contributed by atoms with Crippen LogP contribution in [0.4, 0.5) is 13.2 Å². The van der Waals surface area contributed by atoms with E-state index in [1.165, 1.54) is 19.2 Å². The summed E-state index contributed by atoms with van der Waals surface area (Å²) in [6.07, 6.45) is 6.52. The van der Waals surface area contributed by atoms with Gasteiger partial charge in [0.2, 0.25) is 0 Å². The minimum Gasteiger partial charge on any atom is -0.499 e. The minimum atomic E-state index is -3.57. The van der Waals surface area contributed by atoms with Crippen LogP contribution in [0.5, 0.6) is 0 Å². The number of rotatable bonds is 6. The Balaban J connectivity index is 1.79. The highest BCUT2D eigenvalue weighted by Crippen LogP contribution is 2.33. The van der Waals surface area contributed by atoms with Gasteiger partial charge in [-0.05, 0) is 41.5 Å². The molecule has 0 bridgehead atoms. The van der Waals surface area contributed by atoms with E-state index in [-0.39, 0.29) is 5.82 Å². The molecule has 174 valence electrons. The molecule has 6 N–H and O–H groups in total. The molecule has 4 rings (SSSR count). The fourth-order valence-electron chi connectivity index (χ4n) is 3.65. The van der Waals surface area contributed by atoms with Crippen LogP contribution in [0.25, 0.3) is 5.57 Å². The molecule has 33 heavy (non-hydrogen) atoms. The molecule has 0 saturated carbocycles. The summed E-state index contributed by atoms with van der Waals surface area (Å²) in [4.78, 5) is 4.22. The van der Waals surface area contributed by atoms with E-state index in [2.05, 4.69) is 20.9 Å². The van der Waals surface area contributed by atoms with Crippen molar-refractivity contribution in [3.8, 4) is 0 Å². The Hall–Kier alpha value is -3.50. The highest BCUT2D eigenvalue weighted by Gasteiger charge is 2.38. The summed E-state index contributed by atoms with van der Waals surface area (Å²) in [5.74, 6) is -2.60. The molecule has 1 aliphatic carbocycles. The summed E-state index contributed by atoms with van der Waals surface area (Å²) >= 11 is 0. The summed E-state index contributed by atoms with van der Waals surface area (Å²) in [7, 11) is 1.51. The Morgan fingerprint density at radius 3 is 2.85 bits per heavy atom. The third-order valence-corrected chi connectivity index (χ3v) is 5.43. The second-order valence-corrected chi connectivity index (χ2v) is 7.70. The molecule has 0 aromatic heterocycles. The van der Waals surface area contributed by atoms with Gasteiger partial charge in [0, 0.05) is 17.4 Å². The second-order valence-electron chi connectivity index (χ2n) is 7.70. The van der Waals surface area contributed by atoms with Gasteiger partial charge < -0.3 is 31.5 Å². The molecule has 10 heteroatoms. The summed E-state index contributed by atoms with van der Waals surface area (Å²) in [5.41, 5.74) is 7.66. The molecule has 0 saturated heterocycles. The molecule has 2 atom stereocenters. The van der Waals surface area contributed by atoms with Crippen molar-refractivity contribution in [2.45, 2.75) is 18.2 Å². The number of alkyl halides is 2. The normalized spacial score (nSPS) is 23.2. The molecule has 0 amide bonds. The standard InChI is InChI=1S/C23H24F3N5O2/c1-33-18-10-15(13-4-2-6-16(24)8-13)9-17-19(18)30-20(14-5-3-7-28-11-14)31-21(17)29-12-23(25,26)22(27)32/h2-10,19,22,29-32H,11-12,27H2,1H3. The van der Waals surface area contributed by atoms with Crippen molar-refractivity contribution >= 4 is 11.8 Å². The molecular weight excluding hydrogens is 435 g/mol. The van der Waals surface area contributed by atoms with E-state index in [1.807, 2.05) is 6.08 Å². The Kier molecular flexibility index (Phi) is 6.30. The van der Waals surface area contributed by atoms with E-state index in [9.17, 15) is 18.3 Å². The quantitative estimate of drug-likeness (QED) is 0.417. The SMILES string of the molecule is COC1=CC(c2cccc(F)c2)=CC2=C(NCC(F)(F)C(N)O)NC(=C3C=CC=NC3)NC12. The van der Waals surface area contributed by atoms with Gasteiger partial charge in [0.15, 0.2) is 6.23 Å². The number of aliphatic hydroxyl groups is 1. The summed E-state index contributed by atoms with van der Waals surface area (Å²) in [6, 6.07) is 5.54. The van der Waals surface area contributed by atoms with E-state index < -0.39 is 30.6 Å². The Morgan fingerprint density at radius 1 is 1.36 bits per heavy atom. The lowest BCUT2D eigenvalue weighted by Gasteiger charge is -2.36. The number of nitrogens with zero attached hydrogens (tertiary/aromatic N) is 1. The number of benzene rings is 1. The smallest absolute Gasteiger partial charge is 0.303 e. The number of dihydropyridines is 1. The van der Waals surface area contributed by atoms with Gasteiger partial charge in [-0.1, -0.05) is 18.2 Å². The summed E-state index contributed by atoms with van der Waals surface area (Å²) in [5, 5.41) is 18.4. The first-order valence-corrected chi connectivity index (χ1v) is 10.2. The van der Waals surface area contributed by atoms with E-state index in [4.69, 9.17) is 10.5 Å². The predicted octanol–water partition coefficient (Wildman–Crippen LogP) is 1.88. The van der Waals surface area contributed by atoms with Crippen LogP contribution in [0.15, 0.2) is 82.1 Å². The zero-order chi connectivity index (χ0) is 23.6. The van der Waals surface area contributed by atoms with Gasteiger partial charge in [-0.3, -0.25) is 4.99 Å². The molecule has 2 heterocycles. The number of allylic oxidation sites excluding steroid dienone is 3. The molecular formula is C23H24F3N5O2. The van der Waals surface area contributed by atoms with Gasteiger partial charge in [-0.2, -0.15) is 0 Å². The summed E-state index contributed by atoms with van der Waals surface area (Å²) in [6.45, 7) is -0.510. The number of methoxy groups -OCH3 is 1. The number of aliphatic hydroxyl groups excluding tert-OH is 1. The van der Waals surface area contributed by atoms with E-state index in [1.54, 1.807) is 36.6 Å². The van der Waals surface area contributed by atoms with Crippen molar-refractivity contribution in [1.29, 1.82) is 0 Å². The maximum Gasteiger partial charge on any atom is 0.303 e. The van der Waals surface area contributed by atoms with Crippen LogP contribution < -0.4 is 21.7 Å². The number of ether oxygens (including phenoxy) is 1. The molecule has 1 aromatic carbocycles. The number of hydrogen-bond acceptors (Lipinski definition) is 7. The number of fused-ring (bicyclic) bond motifs is 1. The highest BCUT2D eigenvalue weighted by atomic mass is 19.3. The molecule has 3 aliphatic rings. The third-order valence-electron chi connectivity index (χ3n) is 5.43. The van der Waals surface area contributed by atoms with Gasteiger partial charge in [0.05, 0.1) is 20.2 Å². The molecule has 2 unspecified atom stereocenters. The number of halogens is 3. The summed E-state index contributed by atoms with van der Waals surface area (Å²) < 4.78 is 47.6. The van der Waals surface area contributed by atoms with Crippen molar-refractivity contribution < 1.29 is 23.0 Å². The number of nitrogens with one attached hydrogen (secondary N) is 3. The Labute approximate surface area is 188 Å². The lowest BCUT2D eigenvalue weighted by molar-refractivity contribution is -0.101. The Bertz CT molecular complexity index is 1120. The monoisotopic (exact) mass is 459 g/mol. The molecule has 0 spiro atoms. The highest BCUT2D eigenvalue weighted by molar-refractivity contribution is 5.80. The van der Waals surface area contributed by atoms with Crippen molar-refractivity contribution in [1.82, 2.24) is 16.0 Å². The van der Waals surface area contributed by atoms with Crippen LogP contribution >= 0.6 is 0 Å². The van der Waals surface area contributed by atoms with E-state index >= 15 is 0 Å². The average Bonchev–Trinajstić information content (AvgIpc) is 2.82. The zero-order valence-electron chi connectivity index (χ0n) is 17.8. The molecule has 1 aromatic rings. The number of nitrogens with two attached hydrogens (primary N) is 1. The predicted molar refractivity (Wildman–Crippen MR) is 119 cm³/mol. The van der Waals surface area contributed by atoms with Crippen molar-refractivity contribution in [3.05, 3.63) is 88.5 Å². The first-order chi connectivity index (χ1) is 15.8. The first kappa shape index (κ1) is 22.7. The van der Waals surface area contributed by atoms with Crippen LogP contribution in [0, 0.1) is 5.82 Å². The fraction of sp³-hybridized carbons (Fsp3) is 0.261. The largest absolute Gasteiger partial charge is 0.499 e. The second kappa shape index (κ2) is 9.16. The molecule has 7 nitrogen and oxygen atoms in total. The van der Waals surface area contributed by atoms with Crippen LogP contribution in [0.2, 0.25) is 0 Å². The average molecular weight is 459 g/mol. The first-order valence-electron chi connectivity index (χ1n) is 10.2. The minimum absolute atomic E-state index is 0.279. The van der Waals surface area contributed by atoms with Crippen molar-refractivity contribution in [2.75, 3.05) is 20.2 Å². The van der Waals surface area contributed by atoms with E-state index in [0.29, 0.717) is 34.8 Å². The topological polar surface area (TPSA) is 104 Å². The van der Waals surface area contributed by atoms with Gasteiger partial charge in [-0.15, -0.1) is 0 Å². The van der Waals surface area contributed by atoms with Crippen molar-refractivity contribution in [3.63, 3.8) is 0 Å². The van der Waals surface area contributed by atoms with Crippen molar-refractivity contribution in [2.24, 2.45) is 10.7 Å². The Morgan fingerprint density at radius 2 is 2.18 bits per heavy atom. The maximum atomic E-state index is 14.1. The molecule has 0 fully saturated rings. The lowest BCUT2D eigenvalue weighted by Crippen LogP contribution is -2.52. The van der Waals surface area contributed by atoms with Crippen LogP contribution in [0.3, 0.4) is 0 Å². The maximum absolute atomic E-state index is 14.1. The number of hydrogen-bond donors (Lipinski definition) is 5. The van der Waals surface area contributed by atoms with Crippen LogP contribution in [0.1, 0.15) is 5.56 Å². The van der Waals surface area contributed by atoms with Gasteiger partial charge in [0.25, 0.3) is 0 Å². The zero-order valence-corrected chi connectivity index (χ0v) is 17.8. The van der Waals surface area contributed by atoms with Crippen LogP contribution in [-0.4, -0.2) is 49.7 Å². The van der Waals surface area contributed by atoms with Gasteiger partial charge in [-0.25, -0.2) is 13.2 Å². The molecule has 0 radical (unpaired) electrons. The number of aliphatic imine (C=N–C) groups is 1. The van der Waals surface area contributed by atoms with Gasteiger partial charge >= 0.3 is 5.92 Å². The third kappa shape index (κ3) is 4.81.